The van der Waals surface area contributed by atoms with E-state index in [-0.39, 0.29) is 17.6 Å². The molecule has 0 saturated carbocycles. The molecule has 1 fully saturated rings. The summed E-state index contributed by atoms with van der Waals surface area (Å²) in [5.41, 5.74) is 1.61. The summed E-state index contributed by atoms with van der Waals surface area (Å²) in [6.07, 6.45) is 7.59. The zero-order valence-electron chi connectivity index (χ0n) is 17.5. The Morgan fingerprint density at radius 2 is 2.06 bits per heavy atom. The molecule has 1 aromatic carbocycles. The van der Waals surface area contributed by atoms with Crippen molar-refractivity contribution in [2.45, 2.75) is 19.0 Å². The molecule has 4 heterocycles. The van der Waals surface area contributed by atoms with Crippen molar-refractivity contribution < 1.29 is 9.13 Å². The van der Waals surface area contributed by atoms with Gasteiger partial charge in [0, 0.05) is 18.0 Å². The number of aromatic nitrogens is 5. The molecule has 1 aliphatic rings. The first-order valence-corrected chi connectivity index (χ1v) is 10.4. The molecule has 0 radical (unpaired) electrons. The van der Waals surface area contributed by atoms with Crippen molar-refractivity contribution in [3.05, 3.63) is 66.9 Å². The van der Waals surface area contributed by atoms with Gasteiger partial charge >= 0.3 is 0 Å². The molecule has 1 saturated heterocycles. The Balaban J connectivity index is 1.43. The van der Waals surface area contributed by atoms with E-state index in [2.05, 4.69) is 30.7 Å². The van der Waals surface area contributed by atoms with Crippen molar-refractivity contribution in [3.8, 4) is 34.2 Å². The maximum Gasteiger partial charge on any atom is 0.166 e. The highest BCUT2D eigenvalue weighted by Gasteiger charge is 2.17. The predicted molar refractivity (Wildman–Crippen MR) is 119 cm³/mol. The van der Waals surface area contributed by atoms with E-state index in [4.69, 9.17) is 4.74 Å². The highest BCUT2D eigenvalue weighted by molar-refractivity contribution is 5.68. The topological polar surface area (TPSA) is 89.8 Å². The van der Waals surface area contributed by atoms with Crippen LogP contribution in [0.5, 0.6) is 5.75 Å². The minimum Gasteiger partial charge on any atom is -0.496 e. The van der Waals surface area contributed by atoms with Gasteiger partial charge < -0.3 is 10.1 Å². The third-order valence-electron chi connectivity index (χ3n) is 5.30. The molecule has 3 aromatic heterocycles. The third kappa shape index (κ3) is 4.02. The van der Waals surface area contributed by atoms with Crippen LogP contribution >= 0.6 is 0 Å². The third-order valence-corrected chi connectivity index (χ3v) is 5.30. The lowest BCUT2D eigenvalue weighted by Crippen LogP contribution is -2.30. The number of halogens is 1. The van der Waals surface area contributed by atoms with Crippen LogP contribution in [0.4, 0.5) is 10.2 Å². The summed E-state index contributed by atoms with van der Waals surface area (Å²) in [5.74, 6) is 1.66. The molecule has 1 atom stereocenters. The van der Waals surface area contributed by atoms with E-state index in [0.717, 1.165) is 30.8 Å². The number of nitrogens with zero attached hydrogens (tertiary/aromatic N) is 5. The Morgan fingerprint density at radius 3 is 2.91 bits per heavy atom. The average molecular weight is 431 g/mol. The van der Waals surface area contributed by atoms with Gasteiger partial charge in [-0.1, -0.05) is 12.1 Å². The Morgan fingerprint density at radius 1 is 1.16 bits per heavy atom. The SMILES string of the molecule is COc1cccc(F)c1-c1nccc(-c2cnn(-c3cccc(NC4CCCN4)n3)c2)n1. The standard InChI is InChI=1S/C23H22FN7O/c1-32-18-6-2-5-16(24)22(18)23-26-12-10-17(28-23)15-13-27-31(14-15)21-9-3-7-20(30-21)29-19-8-4-11-25-19/h2-3,5-7,9-10,12-14,19,25H,4,8,11H2,1H3,(H,29,30). The predicted octanol–water partition coefficient (Wildman–Crippen LogP) is 3.66. The van der Waals surface area contributed by atoms with Gasteiger partial charge in [0.1, 0.15) is 17.4 Å². The van der Waals surface area contributed by atoms with Gasteiger partial charge in [0.15, 0.2) is 11.6 Å². The first-order valence-electron chi connectivity index (χ1n) is 10.4. The van der Waals surface area contributed by atoms with Gasteiger partial charge in [-0.2, -0.15) is 5.10 Å². The second kappa shape index (κ2) is 8.72. The Bertz CT molecular complexity index is 1240. The summed E-state index contributed by atoms with van der Waals surface area (Å²) < 4.78 is 21.5. The molecule has 2 N–H and O–H groups in total. The summed E-state index contributed by atoms with van der Waals surface area (Å²) in [4.78, 5) is 13.5. The fourth-order valence-corrected chi connectivity index (χ4v) is 3.73. The zero-order valence-corrected chi connectivity index (χ0v) is 17.5. The van der Waals surface area contributed by atoms with E-state index in [1.807, 2.05) is 24.4 Å². The smallest absolute Gasteiger partial charge is 0.166 e. The van der Waals surface area contributed by atoms with Gasteiger partial charge in [-0.05, 0) is 49.7 Å². The largest absolute Gasteiger partial charge is 0.496 e. The Hall–Kier alpha value is -3.85. The fourth-order valence-electron chi connectivity index (χ4n) is 3.73. The maximum absolute atomic E-state index is 14.5. The van der Waals surface area contributed by atoms with Crippen molar-refractivity contribution >= 4 is 5.82 Å². The normalized spacial score (nSPS) is 15.6. The van der Waals surface area contributed by atoms with E-state index in [0.29, 0.717) is 17.3 Å². The molecule has 0 aliphatic carbocycles. The first kappa shape index (κ1) is 20.1. The van der Waals surface area contributed by atoms with Crippen LogP contribution in [0.3, 0.4) is 0 Å². The monoisotopic (exact) mass is 431 g/mol. The lowest BCUT2D eigenvalue weighted by atomic mass is 10.1. The number of anilines is 1. The maximum atomic E-state index is 14.5. The molecule has 9 heteroatoms. The second-order valence-electron chi connectivity index (χ2n) is 7.43. The van der Waals surface area contributed by atoms with Gasteiger partial charge in [-0.15, -0.1) is 0 Å². The minimum absolute atomic E-state index is 0.227. The summed E-state index contributed by atoms with van der Waals surface area (Å²) in [6, 6.07) is 12.2. The molecule has 162 valence electrons. The summed E-state index contributed by atoms with van der Waals surface area (Å²) >= 11 is 0. The summed E-state index contributed by atoms with van der Waals surface area (Å²) in [5, 5.41) is 11.2. The van der Waals surface area contributed by atoms with Crippen molar-refractivity contribution in [2.24, 2.45) is 0 Å². The molecule has 8 nitrogen and oxygen atoms in total. The highest BCUT2D eigenvalue weighted by Crippen LogP contribution is 2.31. The van der Waals surface area contributed by atoms with E-state index < -0.39 is 5.82 Å². The number of benzene rings is 1. The van der Waals surface area contributed by atoms with Gasteiger partial charge in [0.05, 0.1) is 30.7 Å². The number of pyridine rings is 1. The number of ether oxygens (including phenoxy) is 1. The average Bonchev–Trinajstić information content (AvgIpc) is 3.52. The van der Waals surface area contributed by atoms with Crippen LogP contribution in [0, 0.1) is 5.82 Å². The molecule has 1 aliphatic heterocycles. The Kier molecular flexibility index (Phi) is 5.47. The quantitative estimate of drug-likeness (QED) is 0.482. The lowest BCUT2D eigenvalue weighted by molar-refractivity contribution is 0.413. The van der Waals surface area contributed by atoms with Crippen LogP contribution in [0.2, 0.25) is 0 Å². The molecule has 4 aromatic rings. The highest BCUT2D eigenvalue weighted by atomic mass is 19.1. The van der Waals surface area contributed by atoms with Crippen LogP contribution in [-0.4, -0.2) is 44.6 Å². The molecule has 1 unspecified atom stereocenters. The van der Waals surface area contributed by atoms with E-state index >= 15 is 0 Å². The molecule has 32 heavy (non-hydrogen) atoms. The molecule has 0 bridgehead atoms. The van der Waals surface area contributed by atoms with E-state index in [1.54, 1.807) is 35.3 Å². The lowest BCUT2D eigenvalue weighted by Gasteiger charge is -2.13. The first-order chi connectivity index (χ1) is 15.7. The molecular weight excluding hydrogens is 409 g/mol. The number of hydrogen-bond acceptors (Lipinski definition) is 7. The van der Waals surface area contributed by atoms with Gasteiger partial charge in [0.2, 0.25) is 0 Å². The minimum atomic E-state index is -0.442. The number of hydrogen-bond donors (Lipinski definition) is 2. The number of methoxy groups -OCH3 is 1. The van der Waals surface area contributed by atoms with Crippen molar-refractivity contribution in [1.82, 2.24) is 30.0 Å². The van der Waals surface area contributed by atoms with Crippen LogP contribution in [0.15, 0.2) is 61.1 Å². The second-order valence-corrected chi connectivity index (χ2v) is 7.43. The fraction of sp³-hybridized carbons (Fsp3) is 0.217. The van der Waals surface area contributed by atoms with Crippen LogP contribution in [0.25, 0.3) is 28.5 Å². The number of rotatable bonds is 6. The molecular formula is C23H22FN7O. The van der Waals surface area contributed by atoms with Crippen LogP contribution in [0.1, 0.15) is 12.8 Å². The summed E-state index contributed by atoms with van der Waals surface area (Å²) in [7, 11) is 1.49. The molecule has 0 spiro atoms. The summed E-state index contributed by atoms with van der Waals surface area (Å²) in [6.45, 7) is 1.01. The number of nitrogens with one attached hydrogen (secondary N) is 2. The zero-order chi connectivity index (χ0) is 21.9. The van der Waals surface area contributed by atoms with Crippen molar-refractivity contribution in [3.63, 3.8) is 0 Å². The van der Waals surface area contributed by atoms with E-state index in [1.165, 1.54) is 13.2 Å². The molecule has 0 amide bonds. The van der Waals surface area contributed by atoms with E-state index in [9.17, 15) is 4.39 Å². The van der Waals surface area contributed by atoms with Gasteiger partial charge in [-0.3, -0.25) is 5.32 Å². The van der Waals surface area contributed by atoms with Crippen LogP contribution in [-0.2, 0) is 0 Å². The molecule has 5 rings (SSSR count). The van der Waals surface area contributed by atoms with Gasteiger partial charge in [0.25, 0.3) is 0 Å². The van der Waals surface area contributed by atoms with Crippen molar-refractivity contribution in [1.29, 1.82) is 0 Å². The van der Waals surface area contributed by atoms with Crippen molar-refractivity contribution in [2.75, 3.05) is 19.0 Å². The van der Waals surface area contributed by atoms with Gasteiger partial charge in [-0.25, -0.2) is 24.0 Å². The van der Waals surface area contributed by atoms with Crippen LogP contribution < -0.4 is 15.4 Å². The Labute approximate surface area is 184 Å².